The van der Waals surface area contributed by atoms with Gasteiger partial charge in [0, 0.05) is 33.2 Å². The molecule has 12 aromatic rings. The highest BCUT2D eigenvalue weighted by molar-refractivity contribution is 6.21. The second-order valence-electron chi connectivity index (χ2n) is 15.7. The molecule has 0 N–H and O–H groups in total. The molecule has 3 nitrogen and oxygen atoms in total. The van der Waals surface area contributed by atoms with Crippen LogP contribution in [0.2, 0.25) is 0 Å². The summed E-state index contributed by atoms with van der Waals surface area (Å²) < 4.78 is 2.38. The minimum absolute atomic E-state index is 0.686. The van der Waals surface area contributed by atoms with Crippen molar-refractivity contribution in [3.63, 3.8) is 0 Å². The molecule has 0 aliphatic carbocycles. The second-order valence-corrected chi connectivity index (χ2v) is 15.7. The van der Waals surface area contributed by atoms with E-state index in [2.05, 4.69) is 223 Å². The molecule has 0 saturated heterocycles. The summed E-state index contributed by atoms with van der Waals surface area (Å²) in [6.45, 7) is 0. The van der Waals surface area contributed by atoms with Gasteiger partial charge in [-0.25, -0.2) is 9.97 Å². The average Bonchev–Trinajstić information content (AvgIpc) is 3.67. The van der Waals surface area contributed by atoms with E-state index in [0.29, 0.717) is 5.82 Å². The maximum absolute atomic E-state index is 5.39. The second kappa shape index (κ2) is 14.3. The first-order valence-corrected chi connectivity index (χ1v) is 20.8. The largest absolute Gasteiger partial charge is 0.309 e. The molecule has 0 spiro atoms. The highest BCUT2D eigenvalue weighted by Crippen LogP contribution is 2.44. The van der Waals surface area contributed by atoms with Crippen molar-refractivity contribution >= 4 is 54.1 Å². The molecule has 0 bridgehead atoms. The lowest BCUT2D eigenvalue weighted by atomic mass is 9.87. The first-order chi connectivity index (χ1) is 30.3. The van der Waals surface area contributed by atoms with E-state index in [4.69, 9.17) is 9.97 Å². The Hall–Kier alpha value is -8.14. The third-order valence-corrected chi connectivity index (χ3v) is 12.2. The molecule has 0 unspecified atom stereocenters. The summed E-state index contributed by atoms with van der Waals surface area (Å²) in [6.07, 6.45) is 0. The molecule has 0 aliphatic rings. The van der Waals surface area contributed by atoms with E-state index < -0.39 is 0 Å². The van der Waals surface area contributed by atoms with Gasteiger partial charge >= 0.3 is 0 Å². The fourth-order valence-corrected chi connectivity index (χ4v) is 9.43. The van der Waals surface area contributed by atoms with Gasteiger partial charge in [0.05, 0.1) is 22.4 Å². The van der Waals surface area contributed by atoms with Crippen molar-refractivity contribution in [2.75, 3.05) is 0 Å². The minimum atomic E-state index is 0.686. The maximum Gasteiger partial charge on any atom is 0.160 e. The Kier molecular flexibility index (Phi) is 8.17. The van der Waals surface area contributed by atoms with Crippen LogP contribution in [0.15, 0.2) is 224 Å². The van der Waals surface area contributed by atoms with E-state index in [9.17, 15) is 0 Å². The van der Waals surface area contributed by atoms with Crippen LogP contribution in [0.25, 0.3) is 116 Å². The minimum Gasteiger partial charge on any atom is -0.309 e. The van der Waals surface area contributed by atoms with Crippen LogP contribution in [-0.2, 0) is 0 Å². The van der Waals surface area contributed by atoms with Gasteiger partial charge in [-0.05, 0) is 91.0 Å². The first-order valence-electron chi connectivity index (χ1n) is 20.8. The summed E-state index contributed by atoms with van der Waals surface area (Å²) in [6, 6.07) is 80.5. The zero-order valence-corrected chi connectivity index (χ0v) is 33.2. The molecule has 3 heteroatoms. The molecule has 12 rings (SSSR count). The lowest BCUT2D eigenvalue weighted by Crippen LogP contribution is -1.98. The Bertz CT molecular complexity index is 3640. The molecule has 0 amide bonds. The average molecular weight is 776 g/mol. The fourth-order valence-electron chi connectivity index (χ4n) is 9.43. The van der Waals surface area contributed by atoms with Gasteiger partial charge in [-0.15, -0.1) is 0 Å². The van der Waals surface area contributed by atoms with Gasteiger partial charge in [0.15, 0.2) is 5.82 Å². The zero-order valence-electron chi connectivity index (χ0n) is 33.2. The van der Waals surface area contributed by atoms with E-state index in [-0.39, 0.29) is 0 Å². The highest BCUT2D eigenvalue weighted by atomic mass is 15.0. The predicted octanol–water partition coefficient (Wildman–Crippen LogP) is 15.4. The number of aromatic nitrogens is 3. The van der Waals surface area contributed by atoms with Crippen LogP contribution in [0.4, 0.5) is 0 Å². The van der Waals surface area contributed by atoms with E-state index in [0.717, 1.165) is 56.0 Å². The molecule has 0 atom stereocenters. The van der Waals surface area contributed by atoms with Crippen molar-refractivity contribution in [2.24, 2.45) is 0 Å². The molecule has 284 valence electrons. The third kappa shape index (κ3) is 5.82. The van der Waals surface area contributed by atoms with E-state index in [1.54, 1.807) is 0 Å². The summed E-state index contributed by atoms with van der Waals surface area (Å²) in [7, 11) is 0. The van der Waals surface area contributed by atoms with Gasteiger partial charge in [-0.2, -0.15) is 0 Å². The Morgan fingerprint density at radius 3 is 1.62 bits per heavy atom. The zero-order chi connectivity index (χ0) is 40.3. The summed E-state index contributed by atoms with van der Waals surface area (Å²) in [5, 5.41) is 9.83. The van der Waals surface area contributed by atoms with Crippen molar-refractivity contribution in [1.29, 1.82) is 0 Å². The molecule has 61 heavy (non-hydrogen) atoms. The normalized spacial score (nSPS) is 11.6. The van der Waals surface area contributed by atoms with Crippen LogP contribution in [0.1, 0.15) is 0 Å². The Balaban J connectivity index is 1.09. The molecule has 0 aliphatic heterocycles. The van der Waals surface area contributed by atoms with Gasteiger partial charge in [-0.3, -0.25) is 0 Å². The summed E-state index contributed by atoms with van der Waals surface area (Å²) >= 11 is 0. The molecule has 0 saturated carbocycles. The van der Waals surface area contributed by atoms with Crippen LogP contribution < -0.4 is 0 Å². The van der Waals surface area contributed by atoms with Gasteiger partial charge in [0.2, 0.25) is 0 Å². The van der Waals surface area contributed by atoms with Crippen LogP contribution in [-0.4, -0.2) is 14.5 Å². The molecule has 2 aromatic heterocycles. The number of fused-ring (bicyclic) bond motifs is 7. The van der Waals surface area contributed by atoms with Crippen molar-refractivity contribution in [3.05, 3.63) is 224 Å². The van der Waals surface area contributed by atoms with Gasteiger partial charge in [0.25, 0.3) is 0 Å². The van der Waals surface area contributed by atoms with E-state index in [1.165, 1.54) is 54.2 Å². The number of nitrogens with zero attached hydrogens (tertiary/aromatic N) is 3. The standard InChI is InChI=1S/C58H37N3/c1-3-18-39(19-4-1)58-59-53(46-26-12-11-24-44(46)41-32-33-49-48-28-15-16-30-55(48)61(56(49)36-41)42-21-5-2-6-22-42)37-54(60-58)47-27-13-14-29-50(47)57-45-25-10-8-20-40(45)35-52-43-23-9-7-17-38(43)31-34-51(52)57/h1-37H. The van der Waals surface area contributed by atoms with Gasteiger partial charge in [0.1, 0.15) is 0 Å². The molecule has 0 radical (unpaired) electrons. The van der Waals surface area contributed by atoms with Crippen LogP contribution in [0.3, 0.4) is 0 Å². The van der Waals surface area contributed by atoms with Gasteiger partial charge < -0.3 is 4.57 Å². The van der Waals surface area contributed by atoms with Crippen molar-refractivity contribution in [3.8, 4) is 61.8 Å². The Morgan fingerprint density at radius 2 is 0.852 bits per heavy atom. The van der Waals surface area contributed by atoms with E-state index >= 15 is 0 Å². The van der Waals surface area contributed by atoms with Crippen molar-refractivity contribution in [1.82, 2.24) is 14.5 Å². The molecule has 2 heterocycles. The quantitative estimate of drug-likeness (QED) is 0.124. The number of benzene rings is 10. The van der Waals surface area contributed by atoms with Crippen LogP contribution >= 0.6 is 0 Å². The molecular formula is C58H37N3. The lowest BCUT2D eigenvalue weighted by Gasteiger charge is -2.18. The number of hydrogen-bond donors (Lipinski definition) is 0. The summed E-state index contributed by atoms with van der Waals surface area (Å²) in [4.78, 5) is 10.8. The Morgan fingerprint density at radius 1 is 0.295 bits per heavy atom. The van der Waals surface area contributed by atoms with Crippen molar-refractivity contribution < 1.29 is 0 Å². The first kappa shape index (κ1) is 34.9. The smallest absolute Gasteiger partial charge is 0.160 e. The molecule has 0 fully saturated rings. The summed E-state index contributed by atoms with van der Waals surface area (Å²) in [5.74, 6) is 0.686. The topological polar surface area (TPSA) is 30.7 Å². The highest BCUT2D eigenvalue weighted by Gasteiger charge is 2.20. The monoisotopic (exact) mass is 775 g/mol. The lowest BCUT2D eigenvalue weighted by molar-refractivity contribution is 1.18. The molecular weight excluding hydrogens is 739 g/mol. The Labute approximate surface area is 353 Å². The maximum atomic E-state index is 5.39. The fraction of sp³-hybridized carbons (Fsp3) is 0. The number of para-hydroxylation sites is 2. The van der Waals surface area contributed by atoms with Crippen LogP contribution in [0.5, 0.6) is 0 Å². The van der Waals surface area contributed by atoms with Gasteiger partial charge in [-0.1, -0.05) is 188 Å². The third-order valence-electron chi connectivity index (χ3n) is 12.2. The van der Waals surface area contributed by atoms with Crippen LogP contribution in [0, 0.1) is 0 Å². The van der Waals surface area contributed by atoms with Crippen molar-refractivity contribution in [2.45, 2.75) is 0 Å². The summed E-state index contributed by atoms with van der Waals surface area (Å²) in [5.41, 5.74) is 12.9. The number of hydrogen-bond acceptors (Lipinski definition) is 2. The SMILES string of the molecule is c1ccc(-c2nc(-c3ccccc3-c3ccc4c5ccccc5n(-c5ccccc5)c4c3)cc(-c3ccccc3-c3c4ccccc4cc4c3ccc3ccccc34)n2)cc1. The predicted molar refractivity (Wildman–Crippen MR) is 256 cm³/mol. The number of rotatable bonds is 6. The molecule has 10 aromatic carbocycles. The van der Waals surface area contributed by atoms with E-state index in [1.807, 2.05) is 6.07 Å².